The highest BCUT2D eigenvalue weighted by molar-refractivity contribution is 6.13. The first kappa shape index (κ1) is 40.8. The number of ether oxygens (including phenoxy) is 3. The van der Waals surface area contributed by atoms with Crippen LogP contribution in [-0.4, -0.2) is 51.4 Å². The average molecular weight is 757 g/mol. The van der Waals surface area contributed by atoms with Crippen molar-refractivity contribution in [2.24, 2.45) is 15.1 Å². The molecule has 0 bridgehead atoms. The molecule has 0 radical (unpaired) electrons. The minimum Gasteiger partial charge on any atom is -0.381 e. The number of aliphatic imine (C=N–C) groups is 2. The zero-order chi connectivity index (χ0) is 39.5. The Kier molecular flexibility index (Phi) is 15.8. The molecule has 0 spiro atoms. The maximum Gasteiger partial charge on any atom is 0.121 e. The predicted molar refractivity (Wildman–Crippen MR) is 231 cm³/mol. The topological polar surface area (TPSA) is 88.6 Å². The molecule has 0 heterocycles. The van der Waals surface area contributed by atoms with Crippen molar-refractivity contribution in [3.63, 3.8) is 0 Å². The molecule has 7 nitrogen and oxygen atoms in total. The van der Waals surface area contributed by atoms with Gasteiger partial charge in [-0.2, -0.15) is 5.11 Å². The van der Waals surface area contributed by atoms with Crippen molar-refractivity contribution in [2.45, 2.75) is 44.6 Å². The van der Waals surface area contributed by atoms with Crippen LogP contribution in [0.15, 0.2) is 179 Å². The molecule has 1 N–H and O–H groups in total. The first-order valence-corrected chi connectivity index (χ1v) is 19.7. The molecule has 6 aromatic rings. The molecule has 0 fully saturated rings. The molecule has 0 aromatic heterocycles. The fraction of sp³-hybridized carbons (Fsp3) is 0.240. The van der Waals surface area contributed by atoms with E-state index in [1.165, 1.54) is 5.56 Å². The van der Waals surface area contributed by atoms with Gasteiger partial charge >= 0.3 is 0 Å². The molecule has 0 saturated carbocycles. The monoisotopic (exact) mass is 756 g/mol. The third-order valence-electron chi connectivity index (χ3n) is 9.99. The molecule has 0 amide bonds. The molecule has 0 aliphatic heterocycles. The van der Waals surface area contributed by atoms with E-state index in [4.69, 9.17) is 19.7 Å². The van der Waals surface area contributed by atoms with Crippen LogP contribution < -0.4 is 0 Å². The number of nitrogens with zero attached hydrogens (tertiary/aromatic N) is 3. The van der Waals surface area contributed by atoms with Gasteiger partial charge < -0.3 is 14.2 Å². The summed E-state index contributed by atoms with van der Waals surface area (Å²) in [5.74, 6) is 0. The van der Waals surface area contributed by atoms with Crippen molar-refractivity contribution >= 4 is 11.4 Å². The normalized spacial score (nSPS) is 12.9. The first-order valence-electron chi connectivity index (χ1n) is 19.7. The van der Waals surface area contributed by atoms with Crippen LogP contribution in [0, 0.1) is 5.53 Å². The zero-order valence-corrected chi connectivity index (χ0v) is 33.0. The lowest BCUT2D eigenvalue weighted by Gasteiger charge is -2.19. The molecule has 6 rings (SSSR count). The van der Waals surface area contributed by atoms with Crippen LogP contribution in [0.5, 0.6) is 0 Å². The van der Waals surface area contributed by atoms with Crippen molar-refractivity contribution in [1.29, 1.82) is 5.53 Å². The van der Waals surface area contributed by atoms with Gasteiger partial charge in [0.15, 0.2) is 0 Å². The third-order valence-corrected chi connectivity index (χ3v) is 9.99. The number of benzene rings is 6. The average Bonchev–Trinajstić information content (AvgIpc) is 3.27. The molecule has 6 aromatic carbocycles. The number of rotatable bonds is 21. The molecule has 290 valence electrons. The molecule has 57 heavy (non-hydrogen) atoms. The van der Waals surface area contributed by atoms with Crippen molar-refractivity contribution in [2.75, 3.05) is 33.9 Å². The first-order chi connectivity index (χ1) is 28.1. The summed E-state index contributed by atoms with van der Waals surface area (Å²) in [6, 6.07) is 55.4. The highest BCUT2D eigenvalue weighted by Gasteiger charge is 2.15. The number of hydrogen-bond acceptors (Lipinski definition) is 7. The molecule has 0 aliphatic carbocycles. The summed E-state index contributed by atoms with van der Waals surface area (Å²) in [5.41, 5.74) is 19.5. The van der Waals surface area contributed by atoms with Crippen LogP contribution in [0.4, 0.5) is 0 Å². The predicted octanol–water partition coefficient (Wildman–Crippen LogP) is 10.9. The summed E-state index contributed by atoms with van der Waals surface area (Å²) >= 11 is 0. The van der Waals surface area contributed by atoms with Crippen molar-refractivity contribution in [1.82, 2.24) is 0 Å². The minimum atomic E-state index is -0.319. The van der Waals surface area contributed by atoms with Gasteiger partial charge in [0, 0.05) is 49.6 Å². The summed E-state index contributed by atoms with van der Waals surface area (Å²) in [6.45, 7) is 2.79. The minimum absolute atomic E-state index is 0.0365. The molecule has 2 atom stereocenters. The molecule has 7 heteroatoms. The Hall–Kier alpha value is -5.86. The molecule has 0 aliphatic rings. The maximum absolute atomic E-state index is 7.80. The van der Waals surface area contributed by atoms with Gasteiger partial charge in [0.1, 0.15) is 6.04 Å². The summed E-state index contributed by atoms with van der Waals surface area (Å²) < 4.78 is 18.8. The Bertz CT molecular complexity index is 2140. The quantitative estimate of drug-likeness (QED) is 0.0450. The second kappa shape index (κ2) is 22.0. The Morgan fingerprint density at radius 1 is 0.474 bits per heavy atom. The van der Waals surface area contributed by atoms with Gasteiger partial charge in [0.2, 0.25) is 0 Å². The van der Waals surface area contributed by atoms with E-state index in [0.717, 1.165) is 75.2 Å². The van der Waals surface area contributed by atoms with Crippen LogP contribution in [0.25, 0.3) is 0 Å². The van der Waals surface area contributed by atoms with Crippen molar-refractivity contribution in [3.05, 3.63) is 214 Å². The van der Waals surface area contributed by atoms with Crippen molar-refractivity contribution < 1.29 is 14.2 Å². The van der Waals surface area contributed by atoms with Crippen molar-refractivity contribution in [3.8, 4) is 0 Å². The summed E-state index contributed by atoms with van der Waals surface area (Å²) in [5, 5.41) is 3.90. The number of nitrogens with one attached hydrogen (secondary N) is 1. The molecular formula is C50H52N4O3. The lowest BCUT2D eigenvalue weighted by Crippen LogP contribution is -2.19. The van der Waals surface area contributed by atoms with Crippen LogP contribution in [0.3, 0.4) is 0 Å². The second-order valence-electron chi connectivity index (χ2n) is 13.9. The largest absolute Gasteiger partial charge is 0.381 e. The van der Waals surface area contributed by atoms with Gasteiger partial charge in [0.05, 0.1) is 37.3 Å². The summed E-state index contributed by atoms with van der Waals surface area (Å²) in [7, 11) is 3.67. The lowest BCUT2D eigenvalue weighted by molar-refractivity contribution is -0.0113. The summed E-state index contributed by atoms with van der Waals surface area (Å²) in [4.78, 5) is 9.08. The SMILES string of the molecule is CN=C(c1ccccc1)c1ccc(CCOCCC(CCOCc2ccc(C(=NC)c3ccccc3)cc2)OCc2ccc(C(N=N)c3ccccc3)cc2)cc1. The van der Waals surface area contributed by atoms with Gasteiger partial charge in [-0.15, -0.1) is 0 Å². The van der Waals surface area contributed by atoms with Gasteiger partial charge in [0.25, 0.3) is 0 Å². The van der Waals surface area contributed by atoms with E-state index in [9.17, 15) is 0 Å². The van der Waals surface area contributed by atoms with E-state index in [1.54, 1.807) is 0 Å². The molecule has 2 unspecified atom stereocenters. The Labute approximate surface area is 337 Å². The van der Waals surface area contributed by atoms with Gasteiger partial charge in [-0.05, 0) is 47.1 Å². The lowest BCUT2D eigenvalue weighted by atomic mass is 9.98. The van der Waals surface area contributed by atoms with Gasteiger partial charge in [-0.1, -0.05) is 164 Å². The van der Waals surface area contributed by atoms with E-state index >= 15 is 0 Å². The van der Waals surface area contributed by atoms with Crippen LogP contribution in [-0.2, 0) is 33.8 Å². The summed E-state index contributed by atoms with van der Waals surface area (Å²) in [6.07, 6.45) is 2.30. The fourth-order valence-corrected chi connectivity index (χ4v) is 6.84. The fourth-order valence-electron chi connectivity index (χ4n) is 6.84. The Morgan fingerprint density at radius 3 is 1.44 bits per heavy atom. The Balaban J connectivity index is 1.00. The van der Waals surface area contributed by atoms with E-state index < -0.39 is 0 Å². The van der Waals surface area contributed by atoms with Gasteiger partial charge in [-0.25, -0.2) is 5.53 Å². The third kappa shape index (κ3) is 12.1. The Morgan fingerprint density at radius 2 is 0.912 bits per heavy atom. The van der Waals surface area contributed by atoms with E-state index in [2.05, 4.69) is 100 Å². The number of hydrogen-bond donors (Lipinski definition) is 1. The van der Waals surface area contributed by atoms with E-state index in [0.29, 0.717) is 33.0 Å². The van der Waals surface area contributed by atoms with Crippen LogP contribution in [0.1, 0.15) is 69.0 Å². The zero-order valence-electron chi connectivity index (χ0n) is 33.0. The smallest absolute Gasteiger partial charge is 0.121 e. The highest BCUT2D eigenvalue weighted by atomic mass is 16.5. The van der Waals surface area contributed by atoms with Crippen LogP contribution >= 0.6 is 0 Å². The molecule has 0 saturated heterocycles. The van der Waals surface area contributed by atoms with Crippen LogP contribution in [0.2, 0.25) is 0 Å². The molecular weight excluding hydrogens is 705 g/mol. The van der Waals surface area contributed by atoms with E-state index in [-0.39, 0.29) is 12.1 Å². The standard InChI is InChI=1S/C50H52N4O3/c1-52-48(41-12-6-3-7-13-41)44-24-18-38(19-25-44)30-33-55-34-31-47(57-37-40-22-28-46(29-23-40)50(54-51)43-16-10-5-11-17-43)32-35-56-36-39-20-26-45(27-21-39)49(53-2)42-14-8-4-9-15-42/h3-29,47,50-51H,30-37H2,1-2H3. The second-order valence-corrected chi connectivity index (χ2v) is 13.9. The van der Waals surface area contributed by atoms with Gasteiger partial charge in [-0.3, -0.25) is 9.98 Å². The highest BCUT2D eigenvalue weighted by Crippen LogP contribution is 2.26. The maximum atomic E-state index is 7.80. The van der Waals surface area contributed by atoms with E-state index in [1.807, 2.05) is 93.0 Å².